The quantitative estimate of drug-likeness (QED) is 0.868. The lowest BCUT2D eigenvalue weighted by Gasteiger charge is -2.21. The summed E-state index contributed by atoms with van der Waals surface area (Å²) >= 11 is 0. The molecule has 1 aromatic heterocycles. The molecule has 0 aliphatic heterocycles. The van der Waals surface area contributed by atoms with Gasteiger partial charge in [-0.3, -0.25) is 0 Å². The molecule has 0 saturated heterocycles. The summed E-state index contributed by atoms with van der Waals surface area (Å²) in [6.45, 7) is 3.17. The zero-order valence-electron chi connectivity index (χ0n) is 11.3. The lowest BCUT2D eigenvalue weighted by molar-refractivity contribution is 0.243. The normalized spacial score (nSPS) is 10.5. The summed E-state index contributed by atoms with van der Waals surface area (Å²) in [5.74, 6) is 2.26. The van der Waals surface area contributed by atoms with E-state index in [1.54, 1.807) is 6.07 Å². The van der Waals surface area contributed by atoms with Crippen molar-refractivity contribution in [1.29, 1.82) is 0 Å². The van der Waals surface area contributed by atoms with Gasteiger partial charge in [0.2, 0.25) is 0 Å². The Labute approximate surface area is 113 Å². The van der Waals surface area contributed by atoms with E-state index in [-0.39, 0.29) is 6.61 Å². The lowest BCUT2D eigenvalue weighted by atomic mass is 10.2. The highest BCUT2D eigenvalue weighted by Gasteiger charge is 2.10. The number of hydrogen-bond donors (Lipinski definition) is 1. The van der Waals surface area contributed by atoms with Crippen molar-refractivity contribution in [1.82, 2.24) is 0 Å². The van der Waals surface area contributed by atoms with Crippen LogP contribution in [0.15, 0.2) is 40.8 Å². The highest BCUT2D eigenvalue weighted by atomic mass is 16.5. The molecule has 1 N–H and O–H groups in total. The van der Waals surface area contributed by atoms with Crippen molar-refractivity contribution in [2.45, 2.75) is 20.1 Å². The molecule has 102 valence electrons. The Morgan fingerprint density at radius 2 is 1.89 bits per heavy atom. The minimum atomic E-state index is -0.0702. The minimum absolute atomic E-state index is 0.0702. The van der Waals surface area contributed by atoms with Crippen LogP contribution >= 0.6 is 0 Å². The van der Waals surface area contributed by atoms with Gasteiger partial charge in [-0.2, -0.15) is 0 Å². The van der Waals surface area contributed by atoms with E-state index in [9.17, 15) is 0 Å². The fourth-order valence-electron chi connectivity index (χ4n) is 1.96. The van der Waals surface area contributed by atoms with E-state index in [1.807, 2.05) is 44.3 Å². The summed E-state index contributed by atoms with van der Waals surface area (Å²) in [6.07, 6.45) is 0. The van der Waals surface area contributed by atoms with Crippen molar-refractivity contribution in [3.05, 3.63) is 47.9 Å². The minimum Gasteiger partial charge on any atom is -0.492 e. The second-order valence-corrected chi connectivity index (χ2v) is 4.28. The Hall–Kier alpha value is -1.94. The van der Waals surface area contributed by atoms with Crippen molar-refractivity contribution in [2.24, 2.45) is 0 Å². The summed E-state index contributed by atoms with van der Waals surface area (Å²) in [5, 5.41) is 8.99. The molecule has 0 radical (unpaired) electrons. The third-order valence-electron chi connectivity index (χ3n) is 2.84. The first-order chi connectivity index (χ1) is 9.24. The third kappa shape index (κ3) is 3.29. The number of aliphatic hydroxyl groups excluding tert-OH is 1. The molecule has 2 aromatic rings. The molecule has 2 rings (SSSR count). The third-order valence-corrected chi connectivity index (χ3v) is 2.84. The summed E-state index contributed by atoms with van der Waals surface area (Å²) in [5.41, 5.74) is 1.02. The van der Waals surface area contributed by atoms with Gasteiger partial charge < -0.3 is 19.2 Å². The molecule has 1 aromatic carbocycles. The van der Waals surface area contributed by atoms with Crippen LogP contribution in [-0.4, -0.2) is 18.8 Å². The Morgan fingerprint density at radius 1 is 1.16 bits per heavy atom. The molecular weight excluding hydrogens is 242 g/mol. The van der Waals surface area contributed by atoms with Crippen LogP contribution in [0, 0.1) is 0 Å². The van der Waals surface area contributed by atoms with Crippen LogP contribution < -0.4 is 9.64 Å². The van der Waals surface area contributed by atoms with Gasteiger partial charge in [-0.05, 0) is 31.2 Å². The Morgan fingerprint density at radius 3 is 2.58 bits per heavy atom. The van der Waals surface area contributed by atoms with Crippen LogP contribution in [0.3, 0.4) is 0 Å². The van der Waals surface area contributed by atoms with Gasteiger partial charge in [-0.25, -0.2) is 0 Å². The van der Waals surface area contributed by atoms with Crippen LogP contribution in [0.25, 0.3) is 0 Å². The molecule has 4 heteroatoms. The molecule has 4 nitrogen and oxygen atoms in total. The van der Waals surface area contributed by atoms with Crippen molar-refractivity contribution < 1.29 is 14.3 Å². The van der Waals surface area contributed by atoms with E-state index in [2.05, 4.69) is 4.90 Å². The molecule has 1 heterocycles. The highest BCUT2D eigenvalue weighted by Crippen LogP contribution is 2.28. The van der Waals surface area contributed by atoms with Gasteiger partial charge in [-0.15, -0.1) is 0 Å². The second-order valence-electron chi connectivity index (χ2n) is 4.28. The van der Waals surface area contributed by atoms with Crippen molar-refractivity contribution >= 4 is 5.69 Å². The van der Waals surface area contributed by atoms with E-state index in [1.165, 1.54) is 0 Å². The zero-order valence-corrected chi connectivity index (χ0v) is 11.3. The molecule has 0 amide bonds. The van der Waals surface area contributed by atoms with E-state index in [0.29, 0.717) is 18.9 Å². The zero-order chi connectivity index (χ0) is 13.7. The maximum atomic E-state index is 8.99. The Kier molecular flexibility index (Phi) is 4.47. The number of hydrogen-bond acceptors (Lipinski definition) is 4. The maximum absolute atomic E-state index is 8.99. The average Bonchev–Trinajstić information content (AvgIpc) is 2.87. The van der Waals surface area contributed by atoms with E-state index in [0.717, 1.165) is 17.2 Å². The van der Waals surface area contributed by atoms with Crippen LogP contribution in [-0.2, 0) is 13.2 Å². The average molecular weight is 261 g/mol. The first-order valence-electron chi connectivity index (χ1n) is 6.36. The predicted molar refractivity (Wildman–Crippen MR) is 74.3 cm³/mol. The molecule has 0 atom stereocenters. The fourth-order valence-corrected chi connectivity index (χ4v) is 1.96. The summed E-state index contributed by atoms with van der Waals surface area (Å²) in [6, 6.07) is 11.6. The summed E-state index contributed by atoms with van der Waals surface area (Å²) in [7, 11) is 1.99. The Bertz CT molecular complexity index is 522. The van der Waals surface area contributed by atoms with Crippen LogP contribution in [0.5, 0.6) is 5.75 Å². The van der Waals surface area contributed by atoms with Gasteiger partial charge >= 0.3 is 0 Å². The van der Waals surface area contributed by atoms with Crippen LogP contribution in [0.2, 0.25) is 0 Å². The first kappa shape index (κ1) is 13.5. The topological polar surface area (TPSA) is 45.8 Å². The van der Waals surface area contributed by atoms with Crippen LogP contribution in [0.1, 0.15) is 18.4 Å². The number of furan rings is 1. The number of nitrogens with zero attached hydrogens (tertiary/aromatic N) is 1. The predicted octanol–water partition coefficient (Wildman–Crippen LogP) is 2.81. The lowest BCUT2D eigenvalue weighted by Crippen LogP contribution is -2.17. The second kappa shape index (κ2) is 6.29. The molecule has 0 bridgehead atoms. The molecular formula is C15H19NO3. The molecule has 0 aliphatic carbocycles. The number of para-hydroxylation sites is 2. The fraction of sp³-hybridized carbons (Fsp3) is 0.333. The van der Waals surface area contributed by atoms with E-state index in [4.69, 9.17) is 14.3 Å². The Balaban J connectivity index is 2.12. The smallest absolute Gasteiger partial charge is 0.142 e. The van der Waals surface area contributed by atoms with Gasteiger partial charge in [0, 0.05) is 7.05 Å². The van der Waals surface area contributed by atoms with E-state index < -0.39 is 0 Å². The van der Waals surface area contributed by atoms with Gasteiger partial charge in [0.15, 0.2) is 0 Å². The molecule has 0 saturated carbocycles. The first-order valence-corrected chi connectivity index (χ1v) is 6.36. The van der Waals surface area contributed by atoms with Crippen molar-refractivity contribution in [3.8, 4) is 5.75 Å². The summed E-state index contributed by atoms with van der Waals surface area (Å²) in [4.78, 5) is 2.06. The standard InChI is InChI=1S/C15H19NO3/c1-3-18-15-7-5-4-6-14(15)16(2)10-12-8-9-13(11-17)19-12/h4-9,17H,3,10-11H2,1-2H3. The van der Waals surface area contributed by atoms with E-state index >= 15 is 0 Å². The number of ether oxygens (including phenoxy) is 1. The van der Waals surface area contributed by atoms with Crippen molar-refractivity contribution in [2.75, 3.05) is 18.6 Å². The SMILES string of the molecule is CCOc1ccccc1N(C)Cc1ccc(CO)o1. The number of aliphatic hydroxyl groups is 1. The largest absolute Gasteiger partial charge is 0.492 e. The van der Waals surface area contributed by atoms with Gasteiger partial charge in [-0.1, -0.05) is 12.1 Å². The van der Waals surface area contributed by atoms with Gasteiger partial charge in [0.05, 0.1) is 18.8 Å². The molecule has 0 fully saturated rings. The molecule has 0 spiro atoms. The molecule has 0 aliphatic rings. The molecule has 19 heavy (non-hydrogen) atoms. The monoisotopic (exact) mass is 261 g/mol. The number of anilines is 1. The highest BCUT2D eigenvalue weighted by molar-refractivity contribution is 5.57. The maximum Gasteiger partial charge on any atom is 0.142 e. The number of rotatable bonds is 6. The summed E-state index contributed by atoms with van der Waals surface area (Å²) < 4.78 is 11.1. The number of benzene rings is 1. The van der Waals surface area contributed by atoms with Crippen LogP contribution in [0.4, 0.5) is 5.69 Å². The van der Waals surface area contributed by atoms with Crippen molar-refractivity contribution in [3.63, 3.8) is 0 Å². The van der Waals surface area contributed by atoms with Gasteiger partial charge in [0.1, 0.15) is 23.9 Å². The molecule has 0 unspecified atom stereocenters. The van der Waals surface area contributed by atoms with Gasteiger partial charge in [0.25, 0.3) is 0 Å².